The number of methoxy groups -OCH3 is 1. The van der Waals surface area contributed by atoms with Gasteiger partial charge in [0.05, 0.1) is 29.1 Å². The zero-order valence-electron chi connectivity index (χ0n) is 12.8. The highest BCUT2D eigenvalue weighted by molar-refractivity contribution is 8.00. The molecule has 0 saturated carbocycles. The van der Waals surface area contributed by atoms with Gasteiger partial charge in [0.1, 0.15) is 0 Å². The molecule has 2 heterocycles. The molecule has 0 aliphatic carbocycles. The number of carbonyl (C=O) groups is 1. The number of fused-ring (bicyclic) bond motifs is 1. The number of thioether (sulfide) groups is 2. The second-order valence-electron chi connectivity index (χ2n) is 5.14. The van der Waals surface area contributed by atoms with Crippen LogP contribution in [0.4, 0.5) is 0 Å². The third kappa shape index (κ3) is 3.30. The number of carbonyl (C=O) groups excluding carboxylic acids is 1. The van der Waals surface area contributed by atoms with E-state index < -0.39 is 0 Å². The number of benzene rings is 1. The monoisotopic (exact) mass is 348 g/mol. The van der Waals surface area contributed by atoms with E-state index in [2.05, 4.69) is 16.6 Å². The first kappa shape index (κ1) is 16.1. The predicted octanol–water partition coefficient (Wildman–Crippen LogP) is 2.53. The molecule has 23 heavy (non-hydrogen) atoms. The van der Waals surface area contributed by atoms with Crippen LogP contribution in [0.2, 0.25) is 0 Å². The standard InChI is InChI=1S/C16H16N2O3S2/c1-10-8-12-14(23-10)15(20)18(11-6-4-3-5-7-11)16(17-12)22-9-13(19)21-2/h3-7,10H,8-9H2,1-2H3. The van der Waals surface area contributed by atoms with Gasteiger partial charge in [-0.3, -0.25) is 14.2 Å². The van der Waals surface area contributed by atoms with Crippen molar-refractivity contribution in [3.8, 4) is 5.69 Å². The van der Waals surface area contributed by atoms with Crippen molar-refractivity contribution in [2.24, 2.45) is 0 Å². The first-order chi connectivity index (χ1) is 11.1. The lowest BCUT2D eigenvalue weighted by molar-refractivity contribution is -0.137. The summed E-state index contributed by atoms with van der Waals surface area (Å²) in [4.78, 5) is 29.7. The van der Waals surface area contributed by atoms with Gasteiger partial charge in [-0.2, -0.15) is 0 Å². The maximum atomic E-state index is 12.9. The molecule has 1 unspecified atom stereocenters. The molecule has 0 spiro atoms. The van der Waals surface area contributed by atoms with Crippen molar-refractivity contribution >= 4 is 29.5 Å². The molecule has 0 bridgehead atoms. The Kier molecular flexibility index (Phi) is 4.77. The van der Waals surface area contributed by atoms with Crippen molar-refractivity contribution in [3.63, 3.8) is 0 Å². The van der Waals surface area contributed by atoms with E-state index in [-0.39, 0.29) is 17.3 Å². The van der Waals surface area contributed by atoms with Crippen LogP contribution < -0.4 is 5.56 Å². The van der Waals surface area contributed by atoms with Gasteiger partial charge in [0.15, 0.2) is 5.16 Å². The molecule has 0 amide bonds. The van der Waals surface area contributed by atoms with Crippen molar-refractivity contribution < 1.29 is 9.53 Å². The van der Waals surface area contributed by atoms with Crippen molar-refractivity contribution in [1.82, 2.24) is 9.55 Å². The maximum absolute atomic E-state index is 12.9. The fraction of sp³-hybridized carbons (Fsp3) is 0.312. The highest BCUT2D eigenvalue weighted by atomic mass is 32.2. The molecule has 2 aromatic rings. The molecule has 1 atom stereocenters. The Labute approximate surface area is 142 Å². The number of nitrogens with zero attached hydrogens (tertiary/aromatic N) is 2. The van der Waals surface area contributed by atoms with Crippen LogP contribution in [0.15, 0.2) is 45.2 Å². The molecular weight excluding hydrogens is 332 g/mol. The zero-order chi connectivity index (χ0) is 16.4. The lowest BCUT2D eigenvalue weighted by atomic mass is 10.2. The number of hydrogen-bond acceptors (Lipinski definition) is 6. The molecule has 0 saturated heterocycles. The summed E-state index contributed by atoms with van der Waals surface area (Å²) in [6, 6.07) is 9.37. The van der Waals surface area contributed by atoms with E-state index in [0.717, 1.165) is 17.8 Å². The summed E-state index contributed by atoms with van der Waals surface area (Å²) in [5, 5.41) is 0.871. The number of hydrogen-bond donors (Lipinski definition) is 0. The Morgan fingerprint density at radius 3 is 2.87 bits per heavy atom. The Morgan fingerprint density at radius 2 is 2.17 bits per heavy atom. The summed E-state index contributed by atoms with van der Waals surface area (Å²) in [6.07, 6.45) is 0.774. The quantitative estimate of drug-likeness (QED) is 0.481. The molecular formula is C16H16N2O3S2. The second-order valence-corrected chi connectivity index (χ2v) is 7.53. The van der Waals surface area contributed by atoms with Crippen LogP contribution in [0.5, 0.6) is 0 Å². The molecule has 0 radical (unpaired) electrons. The van der Waals surface area contributed by atoms with E-state index in [9.17, 15) is 9.59 Å². The fourth-order valence-electron chi connectivity index (χ4n) is 2.38. The average molecular weight is 348 g/mol. The van der Waals surface area contributed by atoms with Gasteiger partial charge in [-0.25, -0.2) is 4.98 Å². The van der Waals surface area contributed by atoms with E-state index in [1.807, 2.05) is 30.3 Å². The van der Waals surface area contributed by atoms with Crippen LogP contribution >= 0.6 is 23.5 Å². The van der Waals surface area contributed by atoms with E-state index in [0.29, 0.717) is 15.3 Å². The number of ether oxygens (including phenoxy) is 1. The Morgan fingerprint density at radius 1 is 1.43 bits per heavy atom. The molecule has 5 nitrogen and oxygen atoms in total. The molecule has 0 N–H and O–H groups in total. The Hall–Kier alpha value is -1.73. The van der Waals surface area contributed by atoms with Gasteiger partial charge in [0.2, 0.25) is 0 Å². The summed E-state index contributed by atoms with van der Waals surface area (Å²) >= 11 is 2.79. The van der Waals surface area contributed by atoms with E-state index in [1.165, 1.54) is 18.9 Å². The zero-order valence-corrected chi connectivity index (χ0v) is 14.4. The first-order valence-corrected chi connectivity index (χ1v) is 9.04. The summed E-state index contributed by atoms with van der Waals surface area (Å²) in [7, 11) is 1.35. The van der Waals surface area contributed by atoms with Gasteiger partial charge in [-0.05, 0) is 12.1 Å². The summed E-state index contributed by atoms with van der Waals surface area (Å²) < 4.78 is 6.26. The molecule has 0 fully saturated rings. The number of esters is 1. The molecule has 1 aliphatic rings. The van der Waals surface area contributed by atoms with E-state index in [1.54, 1.807) is 16.3 Å². The number of aromatic nitrogens is 2. The van der Waals surface area contributed by atoms with Gasteiger partial charge in [-0.1, -0.05) is 36.9 Å². The van der Waals surface area contributed by atoms with E-state index >= 15 is 0 Å². The van der Waals surface area contributed by atoms with Gasteiger partial charge >= 0.3 is 5.97 Å². The smallest absolute Gasteiger partial charge is 0.316 e. The fourth-order valence-corrected chi connectivity index (χ4v) is 4.34. The van der Waals surface area contributed by atoms with Crippen LogP contribution in [0, 0.1) is 0 Å². The maximum Gasteiger partial charge on any atom is 0.316 e. The highest BCUT2D eigenvalue weighted by Crippen LogP contribution is 2.34. The predicted molar refractivity (Wildman–Crippen MR) is 91.6 cm³/mol. The highest BCUT2D eigenvalue weighted by Gasteiger charge is 2.27. The topological polar surface area (TPSA) is 61.2 Å². The summed E-state index contributed by atoms with van der Waals surface area (Å²) in [5.74, 6) is -0.218. The van der Waals surface area contributed by atoms with Crippen molar-refractivity contribution in [3.05, 3.63) is 46.4 Å². The SMILES string of the molecule is COC(=O)CSc1nc2c(c(=O)n1-c1ccccc1)SC(C)C2. The van der Waals surface area contributed by atoms with Gasteiger partial charge in [0.25, 0.3) is 5.56 Å². The minimum absolute atomic E-state index is 0.0667. The number of para-hydroxylation sites is 1. The van der Waals surface area contributed by atoms with Crippen molar-refractivity contribution in [2.45, 2.75) is 28.6 Å². The minimum Gasteiger partial charge on any atom is -0.468 e. The summed E-state index contributed by atoms with van der Waals surface area (Å²) in [5.41, 5.74) is 1.51. The molecule has 1 aromatic heterocycles. The molecule has 3 rings (SSSR count). The van der Waals surface area contributed by atoms with Crippen LogP contribution in [-0.2, 0) is 16.0 Å². The molecule has 120 valence electrons. The van der Waals surface area contributed by atoms with Gasteiger partial charge < -0.3 is 4.74 Å². The lowest BCUT2D eigenvalue weighted by Gasteiger charge is -2.13. The molecule has 1 aliphatic heterocycles. The van der Waals surface area contributed by atoms with Crippen LogP contribution in [0.3, 0.4) is 0 Å². The van der Waals surface area contributed by atoms with Crippen molar-refractivity contribution in [2.75, 3.05) is 12.9 Å². The third-order valence-electron chi connectivity index (χ3n) is 3.44. The second kappa shape index (κ2) is 6.80. The normalized spacial score (nSPS) is 16.2. The minimum atomic E-state index is -0.341. The van der Waals surface area contributed by atoms with Crippen LogP contribution in [0.25, 0.3) is 5.69 Å². The van der Waals surface area contributed by atoms with Crippen molar-refractivity contribution in [1.29, 1.82) is 0 Å². The Balaban J connectivity index is 2.10. The molecule has 1 aromatic carbocycles. The van der Waals surface area contributed by atoms with E-state index in [4.69, 9.17) is 0 Å². The first-order valence-electron chi connectivity index (χ1n) is 7.17. The Bertz CT molecular complexity index is 790. The van der Waals surface area contributed by atoms with Crippen LogP contribution in [0.1, 0.15) is 12.6 Å². The van der Waals surface area contributed by atoms with Gasteiger partial charge in [-0.15, -0.1) is 11.8 Å². The largest absolute Gasteiger partial charge is 0.468 e. The average Bonchev–Trinajstić information content (AvgIpc) is 2.94. The van der Waals surface area contributed by atoms with Gasteiger partial charge in [0, 0.05) is 11.7 Å². The van der Waals surface area contributed by atoms with Crippen LogP contribution in [-0.4, -0.2) is 33.6 Å². The number of rotatable bonds is 4. The lowest BCUT2D eigenvalue weighted by Crippen LogP contribution is -2.24. The third-order valence-corrected chi connectivity index (χ3v) is 5.57. The molecule has 7 heteroatoms. The summed E-state index contributed by atoms with van der Waals surface area (Å²) in [6.45, 7) is 2.08.